The summed E-state index contributed by atoms with van der Waals surface area (Å²) in [4.78, 5) is 22.8. The highest BCUT2D eigenvalue weighted by atomic mass is 79.9. The van der Waals surface area contributed by atoms with E-state index in [9.17, 15) is 9.59 Å². The number of anilines is 1. The minimum atomic E-state index is -0.964. The number of methoxy groups -OCH3 is 1. The Morgan fingerprint density at radius 3 is 2.38 bits per heavy atom. The Morgan fingerprint density at radius 2 is 1.86 bits per heavy atom. The predicted molar refractivity (Wildman–Crippen MR) is 86.8 cm³/mol. The number of amides is 2. The van der Waals surface area contributed by atoms with Gasteiger partial charge in [0.25, 0.3) is 0 Å². The molecule has 6 nitrogen and oxygen atoms in total. The van der Waals surface area contributed by atoms with Crippen molar-refractivity contribution in [3.63, 3.8) is 0 Å². The summed E-state index contributed by atoms with van der Waals surface area (Å²) in [6.45, 7) is 3.17. The van der Waals surface area contributed by atoms with Crippen LogP contribution in [-0.2, 0) is 4.79 Å². The second-order valence-electron chi connectivity index (χ2n) is 4.48. The summed E-state index contributed by atoms with van der Waals surface area (Å²) >= 11 is 6.67. The number of carbonyl (C=O) groups excluding carboxylic acids is 1. The van der Waals surface area contributed by atoms with Crippen molar-refractivity contribution in [1.82, 2.24) is 5.32 Å². The first kappa shape index (κ1) is 17.8. The third-order valence-corrected chi connectivity index (χ3v) is 4.26. The topological polar surface area (TPSA) is 87.7 Å². The first-order chi connectivity index (χ1) is 9.76. The van der Waals surface area contributed by atoms with Crippen LogP contribution in [0.5, 0.6) is 5.75 Å². The molecule has 0 fully saturated rings. The predicted octanol–water partition coefficient (Wildman–Crippen LogP) is 3.45. The van der Waals surface area contributed by atoms with Gasteiger partial charge >= 0.3 is 12.0 Å². The van der Waals surface area contributed by atoms with Crippen LogP contribution >= 0.6 is 31.9 Å². The lowest BCUT2D eigenvalue weighted by atomic mass is 10.0. The number of aliphatic carboxylic acids is 1. The van der Waals surface area contributed by atoms with Crippen molar-refractivity contribution in [2.45, 2.75) is 19.9 Å². The van der Waals surface area contributed by atoms with Crippen LogP contribution in [0.25, 0.3) is 0 Å². The van der Waals surface area contributed by atoms with Gasteiger partial charge in [-0.3, -0.25) is 4.79 Å². The monoisotopic (exact) mass is 422 g/mol. The molecule has 1 aromatic carbocycles. The normalized spacial score (nSPS) is 13.2. The van der Waals surface area contributed by atoms with Crippen LogP contribution in [0.3, 0.4) is 0 Å². The van der Waals surface area contributed by atoms with Crippen LogP contribution in [0, 0.1) is 5.92 Å². The Labute approximate surface area is 139 Å². The first-order valence-electron chi connectivity index (χ1n) is 6.09. The number of urea groups is 1. The van der Waals surface area contributed by atoms with Gasteiger partial charge in [-0.15, -0.1) is 0 Å². The molecule has 0 saturated heterocycles. The highest BCUT2D eigenvalue weighted by molar-refractivity contribution is 9.11. The van der Waals surface area contributed by atoms with Gasteiger partial charge in [0, 0.05) is 16.6 Å². The first-order valence-corrected chi connectivity index (χ1v) is 7.68. The number of hydrogen-bond acceptors (Lipinski definition) is 3. The van der Waals surface area contributed by atoms with Gasteiger partial charge in [-0.05, 0) is 51.8 Å². The van der Waals surface area contributed by atoms with Crippen LogP contribution < -0.4 is 15.4 Å². The van der Waals surface area contributed by atoms with E-state index < -0.39 is 24.0 Å². The smallest absolute Gasteiger partial charge is 0.319 e. The standard InChI is InChI=1S/C13H16Br2N2O4/c1-6(12(18)19)7(2)16-13(20)17-10-5-11(21-3)9(15)4-8(10)14/h4-7H,1-3H3,(H,18,19)(H2,16,17,20). The molecule has 0 aliphatic carbocycles. The Kier molecular flexibility index (Phi) is 6.47. The molecule has 21 heavy (non-hydrogen) atoms. The number of benzene rings is 1. The molecule has 0 bridgehead atoms. The molecule has 2 unspecified atom stereocenters. The highest BCUT2D eigenvalue weighted by Gasteiger charge is 2.21. The number of carboxylic acid groups (broad SMARTS) is 1. The molecule has 1 aromatic rings. The van der Waals surface area contributed by atoms with Crippen LogP contribution in [0.15, 0.2) is 21.1 Å². The zero-order valence-electron chi connectivity index (χ0n) is 11.7. The Morgan fingerprint density at radius 1 is 1.24 bits per heavy atom. The molecule has 0 radical (unpaired) electrons. The molecule has 0 aromatic heterocycles. The van der Waals surface area contributed by atoms with Crippen molar-refractivity contribution in [2.24, 2.45) is 5.92 Å². The van der Waals surface area contributed by atoms with Gasteiger partial charge in [0.15, 0.2) is 0 Å². The fourth-order valence-corrected chi connectivity index (χ4v) is 2.74. The summed E-state index contributed by atoms with van der Waals surface area (Å²) in [6.07, 6.45) is 0. The third kappa shape index (κ3) is 4.89. The zero-order chi connectivity index (χ0) is 16.2. The Bertz CT molecular complexity index is 551. The quantitative estimate of drug-likeness (QED) is 0.676. The molecule has 116 valence electrons. The molecule has 2 atom stereocenters. The molecule has 0 spiro atoms. The molecule has 0 aliphatic rings. The summed E-state index contributed by atoms with van der Waals surface area (Å²) in [5.74, 6) is -1.08. The maximum atomic E-state index is 11.9. The minimum absolute atomic E-state index is 0.485. The number of nitrogens with one attached hydrogen (secondary N) is 2. The second kappa shape index (κ2) is 7.65. The lowest BCUT2D eigenvalue weighted by Gasteiger charge is -2.18. The van der Waals surface area contributed by atoms with E-state index in [1.807, 2.05) is 0 Å². The summed E-state index contributed by atoms with van der Waals surface area (Å²) in [6, 6.07) is 2.41. The number of rotatable bonds is 5. The number of carboxylic acids is 1. The van der Waals surface area contributed by atoms with Crippen LogP contribution in [0.4, 0.5) is 10.5 Å². The lowest BCUT2D eigenvalue weighted by molar-refractivity contribution is -0.141. The molecule has 0 heterocycles. The summed E-state index contributed by atoms with van der Waals surface area (Å²) in [5.41, 5.74) is 0.516. The van der Waals surface area contributed by atoms with E-state index >= 15 is 0 Å². The maximum Gasteiger partial charge on any atom is 0.319 e. The minimum Gasteiger partial charge on any atom is -0.495 e. The van der Waals surface area contributed by atoms with E-state index in [-0.39, 0.29) is 0 Å². The third-order valence-electron chi connectivity index (χ3n) is 2.99. The van der Waals surface area contributed by atoms with Gasteiger partial charge in [-0.25, -0.2) is 4.79 Å². The highest BCUT2D eigenvalue weighted by Crippen LogP contribution is 2.34. The number of ether oxygens (including phenoxy) is 1. The Hall–Kier alpha value is -1.28. The molecule has 3 N–H and O–H groups in total. The van der Waals surface area contributed by atoms with E-state index in [2.05, 4.69) is 42.5 Å². The van der Waals surface area contributed by atoms with E-state index in [1.54, 1.807) is 19.1 Å². The lowest BCUT2D eigenvalue weighted by Crippen LogP contribution is -2.42. The van der Waals surface area contributed by atoms with Gasteiger partial charge in [0.1, 0.15) is 5.75 Å². The molecule has 8 heteroatoms. The molecule has 0 saturated carbocycles. The maximum absolute atomic E-state index is 11.9. The van der Waals surface area contributed by atoms with Gasteiger partial charge in [-0.2, -0.15) is 0 Å². The van der Waals surface area contributed by atoms with Crippen LogP contribution in [0.2, 0.25) is 0 Å². The Balaban J connectivity index is 2.77. The molecule has 1 rings (SSSR count). The van der Waals surface area contributed by atoms with E-state index in [4.69, 9.17) is 9.84 Å². The second-order valence-corrected chi connectivity index (χ2v) is 6.19. The average molecular weight is 424 g/mol. The summed E-state index contributed by atoms with van der Waals surface area (Å²) < 4.78 is 6.57. The molecule has 2 amide bonds. The fraction of sp³-hybridized carbons (Fsp3) is 0.385. The molecular formula is C13H16Br2N2O4. The number of halogens is 2. The van der Waals surface area contributed by atoms with Gasteiger partial charge in [0.2, 0.25) is 0 Å². The van der Waals surface area contributed by atoms with E-state index in [1.165, 1.54) is 14.0 Å². The van der Waals surface area contributed by atoms with E-state index in [0.29, 0.717) is 15.9 Å². The van der Waals surface area contributed by atoms with Gasteiger partial charge < -0.3 is 20.5 Å². The molecular weight excluding hydrogens is 408 g/mol. The molecule has 0 aliphatic heterocycles. The van der Waals surface area contributed by atoms with Crippen molar-refractivity contribution in [1.29, 1.82) is 0 Å². The van der Waals surface area contributed by atoms with Gasteiger partial charge in [0.05, 0.1) is 23.2 Å². The van der Waals surface area contributed by atoms with Gasteiger partial charge in [-0.1, -0.05) is 0 Å². The SMILES string of the molecule is COc1cc(NC(=O)NC(C)C(C)C(=O)O)c(Br)cc1Br. The van der Waals surface area contributed by atoms with Crippen LogP contribution in [0.1, 0.15) is 13.8 Å². The largest absolute Gasteiger partial charge is 0.495 e. The number of carbonyl (C=O) groups is 2. The van der Waals surface area contributed by atoms with Crippen molar-refractivity contribution < 1.29 is 19.4 Å². The average Bonchev–Trinajstić information content (AvgIpc) is 2.40. The van der Waals surface area contributed by atoms with Crippen LogP contribution in [-0.4, -0.2) is 30.3 Å². The summed E-state index contributed by atoms with van der Waals surface area (Å²) in [5, 5.41) is 14.1. The van der Waals surface area contributed by atoms with Crippen molar-refractivity contribution in [3.05, 3.63) is 21.1 Å². The number of hydrogen-bond donors (Lipinski definition) is 3. The summed E-state index contributed by atoms with van der Waals surface area (Å²) in [7, 11) is 1.52. The van der Waals surface area contributed by atoms with Crippen molar-refractivity contribution >= 4 is 49.5 Å². The fourth-order valence-electron chi connectivity index (χ4n) is 1.49. The van der Waals surface area contributed by atoms with E-state index in [0.717, 1.165) is 4.47 Å². The zero-order valence-corrected chi connectivity index (χ0v) is 14.9. The van der Waals surface area contributed by atoms with Crippen molar-refractivity contribution in [3.8, 4) is 5.75 Å². The van der Waals surface area contributed by atoms with Crippen molar-refractivity contribution in [2.75, 3.05) is 12.4 Å².